The second-order valence-electron chi connectivity index (χ2n) is 6.11. The lowest BCUT2D eigenvalue weighted by molar-refractivity contribution is -0.931. The van der Waals surface area contributed by atoms with E-state index in [9.17, 15) is 0 Å². The summed E-state index contributed by atoms with van der Waals surface area (Å²) in [5.41, 5.74) is 0. The van der Waals surface area contributed by atoms with Crippen LogP contribution in [0.4, 0.5) is 0 Å². The number of quaternary nitrogens is 1. The largest absolute Gasteiger partial charge is 1.00 e. The van der Waals surface area contributed by atoms with E-state index in [0.29, 0.717) is 5.15 Å². The minimum Gasteiger partial charge on any atom is -1.00 e. The van der Waals surface area contributed by atoms with Gasteiger partial charge in [-0.05, 0) is 37.8 Å². The number of rotatable bonds is 3. The molecule has 0 aromatic carbocycles. The highest BCUT2D eigenvalue weighted by Gasteiger charge is 2.29. The second kappa shape index (κ2) is 8.61. The van der Waals surface area contributed by atoms with Crippen LogP contribution in [0.1, 0.15) is 44.9 Å². The maximum Gasteiger partial charge on any atom is 0.130 e. The Morgan fingerprint density at radius 1 is 1.05 bits per heavy atom. The Kier molecular flexibility index (Phi) is 7.14. The molecule has 0 spiro atoms. The first-order valence-corrected chi connectivity index (χ1v) is 9.21. The molecular weight excluding hydrogens is 323 g/mol. The summed E-state index contributed by atoms with van der Waals surface area (Å²) in [6.07, 6.45) is 9.95. The van der Waals surface area contributed by atoms with Crippen LogP contribution in [0.5, 0.6) is 0 Å². The SMILES string of the molecule is Clc1cccc(SC2CC[NH+](C3CCCCC3)CC2)n1.[Cl-]. The van der Waals surface area contributed by atoms with Crippen molar-refractivity contribution in [3.8, 4) is 0 Å². The third-order valence-corrected chi connectivity index (χ3v) is 6.22. The molecule has 0 unspecified atom stereocenters. The van der Waals surface area contributed by atoms with Gasteiger partial charge in [-0.2, -0.15) is 0 Å². The summed E-state index contributed by atoms with van der Waals surface area (Å²) in [7, 11) is 0. The van der Waals surface area contributed by atoms with E-state index in [4.69, 9.17) is 11.6 Å². The van der Waals surface area contributed by atoms with Crippen LogP contribution in [-0.2, 0) is 0 Å². The van der Waals surface area contributed by atoms with Crippen LogP contribution in [0.3, 0.4) is 0 Å². The van der Waals surface area contributed by atoms with Crippen molar-refractivity contribution in [2.75, 3.05) is 13.1 Å². The Morgan fingerprint density at radius 2 is 1.76 bits per heavy atom. The molecule has 1 aliphatic carbocycles. The van der Waals surface area contributed by atoms with Crippen molar-refractivity contribution in [1.29, 1.82) is 0 Å². The molecule has 1 aromatic heterocycles. The van der Waals surface area contributed by atoms with Crippen LogP contribution in [0.15, 0.2) is 23.2 Å². The van der Waals surface area contributed by atoms with Crippen LogP contribution in [-0.4, -0.2) is 29.4 Å². The first-order chi connectivity index (χ1) is 9.81. The van der Waals surface area contributed by atoms with Gasteiger partial charge in [-0.3, -0.25) is 0 Å². The number of pyridine rings is 1. The van der Waals surface area contributed by atoms with Crippen LogP contribution in [0.2, 0.25) is 5.15 Å². The summed E-state index contributed by atoms with van der Waals surface area (Å²) in [5.74, 6) is 0. The zero-order valence-corrected chi connectivity index (χ0v) is 14.7. The van der Waals surface area contributed by atoms with Gasteiger partial charge in [-0.15, -0.1) is 11.8 Å². The van der Waals surface area contributed by atoms with Crippen molar-refractivity contribution in [3.63, 3.8) is 0 Å². The zero-order chi connectivity index (χ0) is 13.8. The smallest absolute Gasteiger partial charge is 0.130 e. The molecule has 0 bridgehead atoms. The summed E-state index contributed by atoms with van der Waals surface area (Å²) in [6, 6.07) is 6.89. The van der Waals surface area contributed by atoms with E-state index in [1.54, 1.807) is 0 Å². The lowest BCUT2D eigenvalue weighted by Crippen LogP contribution is -3.17. The second-order valence-corrected chi connectivity index (χ2v) is 7.82. The lowest BCUT2D eigenvalue weighted by Gasteiger charge is -2.36. The fourth-order valence-electron chi connectivity index (χ4n) is 3.63. The Morgan fingerprint density at radius 3 is 2.43 bits per heavy atom. The molecule has 0 amide bonds. The number of halogens is 2. The predicted molar refractivity (Wildman–Crippen MR) is 85.7 cm³/mol. The highest BCUT2D eigenvalue weighted by atomic mass is 35.5. The number of thioether (sulfide) groups is 1. The lowest BCUT2D eigenvalue weighted by atomic mass is 9.93. The topological polar surface area (TPSA) is 17.3 Å². The van der Waals surface area contributed by atoms with E-state index in [-0.39, 0.29) is 12.4 Å². The summed E-state index contributed by atoms with van der Waals surface area (Å²) in [4.78, 5) is 6.27. The van der Waals surface area contributed by atoms with Crippen molar-refractivity contribution in [2.45, 2.75) is 61.3 Å². The standard InChI is InChI=1S/C16H23ClN2S.ClH/c17-15-7-4-8-16(18-15)20-14-9-11-19(12-10-14)13-5-2-1-3-6-13;/h4,7-8,13-14H,1-3,5-6,9-12H2;1H. The fraction of sp³-hybridized carbons (Fsp3) is 0.688. The van der Waals surface area contributed by atoms with Gasteiger partial charge in [-0.25, -0.2) is 4.98 Å². The van der Waals surface area contributed by atoms with E-state index in [0.717, 1.165) is 16.3 Å². The number of piperidine rings is 1. The number of aromatic nitrogens is 1. The summed E-state index contributed by atoms with van der Waals surface area (Å²) in [5, 5.41) is 2.43. The monoisotopic (exact) mass is 346 g/mol. The van der Waals surface area contributed by atoms with Crippen LogP contribution in [0.25, 0.3) is 0 Å². The first kappa shape index (κ1) is 17.4. The summed E-state index contributed by atoms with van der Waals surface area (Å²) in [6.45, 7) is 2.70. The van der Waals surface area contributed by atoms with Gasteiger partial charge in [0, 0.05) is 18.1 Å². The van der Waals surface area contributed by atoms with Gasteiger partial charge in [-0.1, -0.05) is 24.1 Å². The Hall–Kier alpha value is 0.0400. The first-order valence-electron chi connectivity index (χ1n) is 7.95. The minimum absolute atomic E-state index is 0. The molecule has 2 nitrogen and oxygen atoms in total. The van der Waals surface area contributed by atoms with Gasteiger partial charge in [0.1, 0.15) is 5.15 Å². The average molecular weight is 347 g/mol. The number of nitrogens with one attached hydrogen (secondary N) is 1. The maximum atomic E-state index is 5.96. The molecule has 5 heteroatoms. The normalized spacial score (nSPS) is 27.1. The molecule has 21 heavy (non-hydrogen) atoms. The summed E-state index contributed by atoms with van der Waals surface area (Å²) >= 11 is 7.88. The van der Waals surface area contributed by atoms with Crippen molar-refractivity contribution in [2.24, 2.45) is 0 Å². The van der Waals surface area contributed by atoms with Gasteiger partial charge >= 0.3 is 0 Å². The number of hydrogen-bond donors (Lipinski definition) is 1. The quantitative estimate of drug-likeness (QED) is 0.788. The van der Waals surface area contributed by atoms with Crippen molar-refractivity contribution in [1.82, 2.24) is 4.98 Å². The third kappa shape index (κ3) is 5.02. The zero-order valence-electron chi connectivity index (χ0n) is 12.4. The predicted octanol–water partition coefficient (Wildman–Crippen LogP) is 0.211. The fourth-order valence-corrected chi connectivity index (χ4v) is 4.96. The highest BCUT2D eigenvalue weighted by Crippen LogP contribution is 2.27. The molecule has 1 N–H and O–H groups in total. The summed E-state index contributed by atoms with van der Waals surface area (Å²) < 4.78 is 0. The van der Waals surface area contributed by atoms with E-state index in [2.05, 4.69) is 11.1 Å². The molecule has 1 saturated heterocycles. The molecule has 2 fully saturated rings. The van der Waals surface area contributed by atoms with E-state index in [1.165, 1.54) is 58.0 Å². The minimum atomic E-state index is 0. The van der Waals surface area contributed by atoms with Crippen molar-refractivity contribution >= 4 is 23.4 Å². The molecule has 118 valence electrons. The van der Waals surface area contributed by atoms with E-state index >= 15 is 0 Å². The molecule has 1 aromatic rings. The molecule has 2 heterocycles. The van der Waals surface area contributed by atoms with Gasteiger partial charge < -0.3 is 17.3 Å². The molecule has 1 aliphatic heterocycles. The van der Waals surface area contributed by atoms with Gasteiger partial charge in [0.2, 0.25) is 0 Å². The van der Waals surface area contributed by atoms with Crippen LogP contribution in [0, 0.1) is 0 Å². The average Bonchev–Trinajstić information content (AvgIpc) is 2.49. The van der Waals surface area contributed by atoms with E-state index < -0.39 is 0 Å². The van der Waals surface area contributed by atoms with Gasteiger partial charge in [0.15, 0.2) is 0 Å². The molecule has 0 atom stereocenters. The maximum absolute atomic E-state index is 5.96. The number of nitrogens with zero attached hydrogens (tertiary/aromatic N) is 1. The Bertz CT molecular complexity index is 430. The molecular formula is C16H24Cl2N2S. The molecule has 3 rings (SSSR count). The molecule has 0 radical (unpaired) electrons. The highest BCUT2D eigenvalue weighted by molar-refractivity contribution is 7.99. The Balaban J connectivity index is 0.00000161. The molecule has 2 aliphatic rings. The molecule has 1 saturated carbocycles. The van der Waals surface area contributed by atoms with Gasteiger partial charge in [0.25, 0.3) is 0 Å². The third-order valence-electron chi connectivity index (χ3n) is 4.73. The number of hydrogen-bond acceptors (Lipinski definition) is 2. The van der Waals surface area contributed by atoms with E-state index in [1.807, 2.05) is 28.8 Å². The van der Waals surface area contributed by atoms with Crippen LogP contribution >= 0.6 is 23.4 Å². The van der Waals surface area contributed by atoms with Crippen molar-refractivity contribution < 1.29 is 17.3 Å². The van der Waals surface area contributed by atoms with Crippen molar-refractivity contribution in [3.05, 3.63) is 23.4 Å². The van der Waals surface area contributed by atoms with Gasteiger partial charge in [0.05, 0.1) is 24.2 Å². The Labute approximate surface area is 143 Å². The van der Waals surface area contributed by atoms with Crippen LogP contribution < -0.4 is 17.3 Å². The number of likely N-dealkylation sites (tertiary alicyclic amines) is 1.